The van der Waals surface area contributed by atoms with Gasteiger partial charge in [0.2, 0.25) is 0 Å². The van der Waals surface area contributed by atoms with Gasteiger partial charge in [-0.2, -0.15) is 4.98 Å². The Morgan fingerprint density at radius 2 is 1.56 bits per heavy atom. The Bertz CT molecular complexity index is 2040. The van der Waals surface area contributed by atoms with Gasteiger partial charge in [-0.05, 0) is 35.4 Å². The van der Waals surface area contributed by atoms with Crippen LogP contribution < -0.4 is 38.2 Å². The van der Waals surface area contributed by atoms with Crippen LogP contribution in [0.15, 0.2) is 62.9 Å². The minimum absolute atomic E-state index is 0.0130. The van der Waals surface area contributed by atoms with Gasteiger partial charge < -0.3 is 26.8 Å². The molecule has 0 radical (unpaired) electrons. The molecule has 16 heteroatoms. The average molecular weight is 589 g/mol. The van der Waals surface area contributed by atoms with Gasteiger partial charge >= 0.3 is 11.7 Å². The monoisotopic (exact) mass is 588 g/mol. The number of aromatic carboxylic acids is 1. The fourth-order valence-electron chi connectivity index (χ4n) is 4.12. The minimum atomic E-state index is -1.09. The maximum Gasteiger partial charge on any atom is 0.363 e. The number of carboxylic acids is 1. The van der Waals surface area contributed by atoms with E-state index in [1.165, 1.54) is 42.5 Å². The van der Waals surface area contributed by atoms with Crippen LogP contribution in [-0.2, 0) is 19.6 Å². The molecule has 0 atom stereocenters. The number of nitrogens with one attached hydrogen (secondary N) is 4. The van der Waals surface area contributed by atoms with E-state index < -0.39 is 40.1 Å². The van der Waals surface area contributed by atoms with Gasteiger partial charge in [-0.25, -0.2) is 28.6 Å². The molecule has 0 fully saturated rings. The van der Waals surface area contributed by atoms with Crippen molar-refractivity contribution in [1.82, 2.24) is 30.2 Å². The predicted octanol–water partition coefficient (Wildman–Crippen LogP) is -0.0948. The normalized spacial score (nSPS) is 11.0. The third-order valence-electron chi connectivity index (χ3n) is 6.43. The van der Waals surface area contributed by atoms with Gasteiger partial charge in [-0.1, -0.05) is 18.2 Å². The van der Waals surface area contributed by atoms with Crippen molar-refractivity contribution in [2.24, 2.45) is 0 Å². The van der Waals surface area contributed by atoms with Crippen LogP contribution in [0.25, 0.3) is 5.78 Å². The number of nitrogens with two attached hydrogens (primary N) is 1. The minimum Gasteiger partial charge on any atom is -0.478 e. The number of aromatic nitrogens is 4. The molecule has 218 valence electrons. The van der Waals surface area contributed by atoms with Crippen molar-refractivity contribution in [3.05, 3.63) is 119 Å². The van der Waals surface area contributed by atoms with Crippen molar-refractivity contribution in [2.45, 2.75) is 19.6 Å². The van der Waals surface area contributed by atoms with E-state index in [-0.39, 0.29) is 59.3 Å². The number of H-pyrrole nitrogens is 1. The average Bonchev–Trinajstić information content (AvgIpc) is 3.39. The summed E-state index contributed by atoms with van der Waals surface area (Å²) in [4.78, 5) is 79.4. The number of nitrogen functional groups attached to an aromatic ring is 1. The topological polar surface area (TPSA) is 231 Å². The van der Waals surface area contributed by atoms with E-state index in [2.05, 4.69) is 31.0 Å². The number of nitrogens with zero attached hydrogens (tertiary/aromatic N) is 3. The summed E-state index contributed by atoms with van der Waals surface area (Å²) >= 11 is 0. The predicted molar refractivity (Wildman–Crippen MR) is 149 cm³/mol. The maximum absolute atomic E-state index is 14.3. The van der Waals surface area contributed by atoms with Crippen molar-refractivity contribution >= 4 is 34.9 Å². The highest BCUT2D eigenvalue weighted by Gasteiger charge is 2.20. The number of carbonyl (C=O) groups excluding carboxylic acids is 2. The number of halogens is 1. The second-order valence-corrected chi connectivity index (χ2v) is 9.28. The first-order valence-electron chi connectivity index (χ1n) is 12.5. The molecule has 2 aromatic heterocycles. The Hall–Kier alpha value is -6.19. The highest BCUT2D eigenvalue weighted by atomic mass is 19.1. The number of anilines is 2. The van der Waals surface area contributed by atoms with Crippen LogP contribution in [0.3, 0.4) is 0 Å². The molecule has 0 aliphatic rings. The third kappa shape index (κ3) is 5.83. The van der Waals surface area contributed by atoms with E-state index in [4.69, 9.17) is 10.8 Å². The molecule has 5 aromatic rings. The van der Waals surface area contributed by atoms with Gasteiger partial charge in [0, 0.05) is 31.3 Å². The van der Waals surface area contributed by atoms with Crippen LogP contribution >= 0.6 is 0 Å². The Morgan fingerprint density at radius 3 is 2.26 bits per heavy atom. The van der Waals surface area contributed by atoms with Crippen LogP contribution in [0.5, 0.6) is 0 Å². The van der Waals surface area contributed by atoms with Crippen LogP contribution in [0.4, 0.5) is 15.8 Å². The van der Waals surface area contributed by atoms with E-state index in [0.29, 0.717) is 11.1 Å². The standard InChI is InChI=1S/C27H21FN8O7/c28-16-6-3-13(7-15(16)11-30-20-19(29)21(37)22(20)38)10-31-23(39)17-8-18(36-26(33-17)34-27(43)35-36)24(40)32-9-12-1-4-14(5-2-12)25(41)42/h1-8,30H,9-11,29H2,(H,31,39)(H,32,40)(H,35,43)(H,41,42). The molecule has 0 aliphatic heterocycles. The summed E-state index contributed by atoms with van der Waals surface area (Å²) in [5.41, 5.74) is 3.69. The first kappa shape index (κ1) is 28.3. The molecule has 2 heterocycles. The number of rotatable bonds is 10. The van der Waals surface area contributed by atoms with E-state index in [9.17, 15) is 33.2 Å². The molecule has 3 aromatic carbocycles. The van der Waals surface area contributed by atoms with Crippen molar-refractivity contribution < 1.29 is 23.9 Å². The summed E-state index contributed by atoms with van der Waals surface area (Å²) < 4.78 is 15.4. The van der Waals surface area contributed by atoms with Crippen LogP contribution in [0.2, 0.25) is 0 Å². The van der Waals surface area contributed by atoms with Crippen LogP contribution in [0.1, 0.15) is 48.0 Å². The lowest BCUT2D eigenvalue weighted by Gasteiger charge is -2.12. The van der Waals surface area contributed by atoms with Gasteiger partial charge in [0.15, 0.2) is 0 Å². The Balaban J connectivity index is 1.29. The van der Waals surface area contributed by atoms with E-state index >= 15 is 0 Å². The fourth-order valence-corrected chi connectivity index (χ4v) is 4.12. The number of carboxylic acid groups (broad SMARTS) is 1. The first-order chi connectivity index (χ1) is 20.5. The van der Waals surface area contributed by atoms with Crippen molar-refractivity contribution in [1.29, 1.82) is 0 Å². The summed E-state index contributed by atoms with van der Waals surface area (Å²) in [6, 6.07) is 11.0. The molecule has 0 unspecified atom stereocenters. The third-order valence-corrected chi connectivity index (χ3v) is 6.43. The summed E-state index contributed by atoms with van der Waals surface area (Å²) in [5, 5.41) is 19.2. The molecule has 5 rings (SSSR count). The van der Waals surface area contributed by atoms with Crippen molar-refractivity contribution in [3.8, 4) is 0 Å². The van der Waals surface area contributed by atoms with Crippen molar-refractivity contribution in [3.63, 3.8) is 0 Å². The smallest absolute Gasteiger partial charge is 0.363 e. The number of hydrogen-bond acceptors (Lipinski definition) is 10. The zero-order valence-electron chi connectivity index (χ0n) is 21.9. The van der Waals surface area contributed by atoms with E-state index in [1.54, 1.807) is 0 Å². The first-order valence-corrected chi connectivity index (χ1v) is 12.5. The van der Waals surface area contributed by atoms with Crippen LogP contribution in [0, 0.1) is 5.82 Å². The lowest BCUT2D eigenvalue weighted by Crippen LogP contribution is -2.37. The molecule has 0 bridgehead atoms. The number of carbonyl (C=O) groups is 3. The number of benzene rings is 2. The Labute approximate surface area is 238 Å². The molecule has 0 saturated heterocycles. The fraction of sp³-hybridized carbons (Fsp3) is 0.111. The number of aromatic amines is 1. The zero-order valence-corrected chi connectivity index (χ0v) is 21.9. The highest BCUT2D eigenvalue weighted by Crippen LogP contribution is 2.16. The highest BCUT2D eigenvalue weighted by molar-refractivity contribution is 5.98. The van der Waals surface area contributed by atoms with Crippen LogP contribution in [-0.4, -0.2) is 42.5 Å². The molecule has 2 amide bonds. The van der Waals surface area contributed by atoms with E-state index in [0.717, 1.165) is 10.6 Å². The second-order valence-electron chi connectivity index (χ2n) is 9.28. The van der Waals surface area contributed by atoms with Gasteiger partial charge in [0.25, 0.3) is 28.4 Å². The largest absolute Gasteiger partial charge is 0.478 e. The molecular formula is C27H21FN8O7. The molecule has 0 spiro atoms. The number of hydrogen-bond donors (Lipinski definition) is 6. The number of fused-ring (bicyclic) bond motifs is 1. The van der Waals surface area contributed by atoms with Gasteiger partial charge in [0.05, 0.1) is 5.56 Å². The zero-order chi connectivity index (χ0) is 30.8. The second kappa shape index (κ2) is 11.4. The molecule has 15 nitrogen and oxygen atoms in total. The SMILES string of the molecule is Nc1c(NCc2cc(CNC(=O)c3cc(C(=O)NCc4ccc(C(=O)O)cc4)n4[nH]c(=O)nc4n3)ccc2F)c(=O)c1=O. The Kier molecular flexibility index (Phi) is 7.49. The van der Waals surface area contributed by atoms with Gasteiger partial charge in [-0.15, -0.1) is 0 Å². The molecule has 0 saturated carbocycles. The summed E-state index contributed by atoms with van der Waals surface area (Å²) in [5.74, 6) is -3.33. The number of amides is 2. The summed E-state index contributed by atoms with van der Waals surface area (Å²) in [6.07, 6.45) is 0. The Morgan fingerprint density at radius 1 is 0.884 bits per heavy atom. The quantitative estimate of drug-likeness (QED) is 0.118. The summed E-state index contributed by atoms with van der Waals surface area (Å²) in [6.45, 7) is -0.210. The van der Waals surface area contributed by atoms with Gasteiger partial charge in [-0.3, -0.25) is 19.2 Å². The molecule has 43 heavy (non-hydrogen) atoms. The van der Waals surface area contributed by atoms with Crippen molar-refractivity contribution in [2.75, 3.05) is 11.1 Å². The lowest BCUT2D eigenvalue weighted by molar-refractivity contribution is 0.0696. The molecule has 0 aliphatic carbocycles. The molecule has 7 N–H and O–H groups in total. The maximum atomic E-state index is 14.3. The van der Waals surface area contributed by atoms with Gasteiger partial charge in [0.1, 0.15) is 28.6 Å². The van der Waals surface area contributed by atoms with E-state index in [1.807, 2.05) is 0 Å². The lowest BCUT2D eigenvalue weighted by atomic mass is 10.1. The summed E-state index contributed by atoms with van der Waals surface area (Å²) in [7, 11) is 0. The molecular weight excluding hydrogens is 567 g/mol.